The number of ether oxygens (including phenoxy) is 1. The summed E-state index contributed by atoms with van der Waals surface area (Å²) in [5.41, 5.74) is -1.08. The van der Waals surface area contributed by atoms with Gasteiger partial charge in [-0.2, -0.15) is 0 Å². The maximum atomic E-state index is 11.7. The average Bonchev–Trinajstić information content (AvgIpc) is 2.81. The van der Waals surface area contributed by atoms with Crippen molar-refractivity contribution >= 4 is 5.97 Å². The van der Waals surface area contributed by atoms with Gasteiger partial charge < -0.3 is 9.84 Å². The Bertz CT molecular complexity index is 314. The van der Waals surface area contributed by atoms with Gasteiger partial charge in [0.15, 0.2) is 0 Å². The quantitative estimate of drug-likeness (QED) is 0.809. The lowest BCUT2D eigenvalue weighted by Gasteiger charge is -2.45. The van der Waals surface area contributed by atoms with E-state index >= 15 is 0 Å². The van der Waals surface area contributed by atoms with Gasteiger partial charge in [0, 0.05) is 19.1 Å². The summed E-state index contributed by atoms with van der Waals surface area (Å²) in [7, 11) is 0. The largest absolute Gasteiger partial charge is 0.480 e. The molecule has 2 aliphatic rings. The first-order chi connectivity index (χ1) is 8.50. The molecule has 0 aromatic heterocycles. The van der Waals surface area contributed by atoms with Crippen LogP contribution < -0.4 is 5.32 Å². The van der Waals surface area contributed by atoms with E-state index in [1.165, 1.54) is 12.8 Å². The fourth-order valence-electron chi connectivity index (χ4n) is 3.30. The van der Waals surface area contributed by atoms with Gasteiger partial charge in [-0.25, -0.2) is 0 Å². The van der Waals surface area contributed by atoms with Gasteiger partial charge in [-0.1, -0.05) is 19.8 Å². The third-order valence-electron chi connectivity index (χ3n) is 4.65. The van der Waals surface area contributed by atoms with Gasteiger partial charge in [0.05, 0.1) is 5.60 Å². The summed E-state index contributed by atoms with van der Waals surface area (Å²) < 4.78 is 5.78. The second kappa shape index (κ2) is 5.17. The van der Waals surface area contributed by atoms with Crippen LogP contribution in [-0.2, 0) is 9.53 Å². The molecule has 1 saturated carbocycles. The summed E-state index contributed by atoms with van der Waals surface area (Å²) in [6.45, 7) is 4.63. The van der Waals surface area contributed by atoms with Crippen molar-refractivity contribution in [2.24, 2.45) is 0 Å². The Morgan fingerprint density at radius 3 is 2.67 bits per heavy atom. The van der Waals surface area contributed by atoms with Gasteiger partial charge in [-0.3, -0.25) is 10.1 Å². The number of carboxylic acids is 1. The van der Waals surface area contributed by atoms with Crippen LogP contribution in [0.4, 0.5) is 0 Å². The lowest BCUT2D eigenvalue weighted by molar-refractivity contribution is -0.161. The summed E-state index contributed by atoms with van der Waals surface area (Å²) >= 11 is 0. The van der Waals surface area contributed by atoms with Crippen molar-refractivity contribution in [2.45, 2.75) is 76.0 Å². The number of hydrogen-bond donors (Lipinski definition) is 2. The Morgan fingerprint density at radius 2 is 2.11 bits per heavy atom. The lowest BCUT2D eigenvalue weighted by Crippen LogP contribution is -2.62. The number of rotatable bonds is 4. The van der Waals surface area contributed by atoms with Crippen LogP contribution in [0.2, 0.25) is 0 Å². The molecule has 18 heavy (non-hydrogen) atoms. The van der Waals surface area contributed by atoms with Gasteiger partial charge in [-0.05, 0) is 32.6 Å². The highest BCUT2D eigenvalue weighted by Gasteiger charge is 2.48. The minimum atomic E-state index is -0.780. The van der Waals surface area contributed by atoms with Crippen molar-refractivity contribution in [1.82, 2.24) is 5.32 Å². The SMILES string of the molecule is CCC1(C)CC(NC2CCCC2)(C(=O)O)CCO1. The van der Waals surface area contributed by atoms with Crippen molar-refractivity contribution in [1.29, 1.82) is 0 Å². The van der Waals surface area contributed by atoms with Gasteiger partial charge in [0.25, 0.3) is 0 Å². The number of hydrogen-bond acceptors (Lipinski definition) is 3. The number of nitrogens with one attached hydrogen (secondary N) is 1. The molecule has 0 aromatic rings. The van der Waals surface area contributed by atoms with Crippen LogP contribution in [-0.4, -0.2) is 34.9 Å². The Labute approximate surface area is 109 Å². The Balaban J connectivity index is 2.12. The minimum absolute atomic E-state index is 0.303. The molecular weight excluding hydrogens is 230 g/mol. The third-order valence-corrected chi connectivity index (χ3v) is 4.65. The van der Waals surface area contributed by atoms with Crippen molar-refractivity contribution in [3.8, 4) is 0 Å². The van der Waals surface area contributed by atoms with Crippen LogP contribution >= 0.6 is 0 Å². The number of aliphatic carboxylic acids is 1. The molecule has 0 spiro atoms. The van der Waals surface area contributed by atoms with Gasteiger partial charge in [0.1, 0.15) is 5.54 Å². The molecular formula is C14H25NO3. The summed E-state index contributed by atoms with van der Waals surface area (Å²) in [6.07, 6.45) is 6.66. The zero-order valence-electron chi connectivity index (χ0n) is 11.5. The van der Waals surface area contributed by atoms with E-state index in [9.17, 15) is 9.90 Å². The third kappa shape index (κ3) is 2.69. The van der Waals surface area contributed by atoms with E-state index in [0.29, 0.717) is 25.5 Å². The Morgan fingerprint density at radius 1 is 1.44 bits per heavy atom. The normalized spacial score (nSPS) is 37.9. The van der Waals surface area contributed by atoms with Crippen molar-refractivity contribution in [2.75, 3.05) is 6.61 Å². The Hall–Kier alpha value is -0.610. The molecule has 1 heterocycles. The molecule has 104 valence electrons. The van der Waals surface area contributed by atoms with E-state index in [4.69, 9.17) is 4.74 Å². The van der Waals surface area contributed by atoms with E-state index in [2.05, 4.69) is 12.2 Å². The first kappa shape index (κ1) is 13.8. The zero-order valence-corrected chi connectivity index (χ0v) is 11.5. The Kier molecular flexibility index (Phi) is 3.97. The van der Waals surface area contributed by atoms with Crippen LogP contribution in [0.5, 0.6) is 0 Å². The molecule has 2 atom stereocenters. The molecule has 0 radical (unpaired) electrons. The van der Waals surface area contributed by atoms with Crippen LogP contribution in [0, 0.1) is 0 Å². The fourth-order valence-corrected chi connectivity index (χ4v) is 3.30. The molecule has 1 saturated heterocycles. The first-order valence-electron chi connectivity index (χ1n) is 7.15. The van der Waals surface area contributed by atoms with Crippen molar-refractivity contribution < 1.29 is 14.6 Å². The first-order valence-corrected chi connectivity index (χ1v) is 7.15. The van der Waals surface area contributed by atoms with Gasteiger partial charge in [-0.15, -0.1) is 0 Å². The summed E-state index contributed by atoms with van der Waals surface area (Å²) in [5.74, 6) is -0.711. The molecule has 2 N–H and O–H groups in total. The second-order valence-corrected chi connectivity index (χ2v) is 6.09. The summed E-state index contributed by atoms with van der Waals surface area (Å²) in [6, 6.07) is 0.375. The van der Waals surface area contributed by atoms with E-state index in [1.807, 2.05) is 6.92 Å². The highest BCUT2D eigenvalue weighted by molar-refractivity contribution is 5.79. The highest BCUT2D eigenvalue weighted by atomic mass is 16.5. The predicted molar refractivity (Wildman–Crippen MR) is 69.6 cm³/mol. The molecule has 2 rings (SSSR count). The molecule has 0 amide bonds. The van der Waals surface area contributed by atoms with Gasteiger partial charge in [0.2, 0.25) is 0 Å². The fraction of sp³-hybridized carbons (Fsp3) is 0.929. The standard InChI is InChI=1S/C14H25NO3/c1-3-13(2)10-14(12(16)17,8-9-18-13)15-11-6-4-5-7-11/h11,15H,3-10H2,1-2H3,(H,16,17). The maximum Gasteiger partial charge on any atom is 0.324 e. The molecule has 4 heteroatoms. The molecule has 4 nitrogen and oxygen atoms in total. The van der Waals surface area contributed by atoms with E-state index in [-0.39, 0.29) is 5.60 Å². The monoisotopic (exact) mass is 255 g/mol. The lowest BCUT2D eigenvalue weighted by atomic mass is 9.78. The van der Waals surface area contributed by atoms with Crippen LogP contribution in [0.1, 0.15) is 58.8 Å². The van der Waals surface area contributed by atoms with Gasteiger partial charge >= 0.3 is 5.97 Å². The number of carbonyl (C=O) groups is 1. The topological polar surface area (TPSA) is 58.6 Å². The van der Waals surface area contributed by atoms with Crippen LogP contribution in [0.25, 0.3) is 0 Å². The zero-order chi connectivity index (χ0) is 13.2. The highest BCUT2D eigenvalue weighted by Crippen LogP contribution is 2.36. The second-order valence-electron chi connectivity index (χ2n) is 6.09. The molecule has 2 fully saturated rings. The predicted octanol–water partition coefficient (Wildman–Crippen LogP) is 2.32. The minimum Gasteiger partial charge on any atom is -0.480 e. The molecule has 1 aliphatic heterocycles. The molecule has 1 aliphatic carbocycles. The van der Waals surface area contributed by atoms with E-state index in [1.54, 1.807) is 0 Å². The molecule has 2 unspecified atom stereocenters. The van der Waals surface area contributed by atoms with Crippen molar-refractivity contribution in [3.63, 3.8) is 0 Å². The maximum absolute atomic E-state index is 11.7. The molecule has 0 bridgehead atoms. The van der Waals surface area contributed by atoms with E-state index in [0.717, 1.165) is 19.3 Å². The van der Waals surface area contributed by atoms with Crippen molar-refractivity contribution in [3.05, 3.63) is 0 Å². The van der Waals surface area contributed by atoms with Crippen LogP contribution in [0.3, 0.4) is 0 Å². The summed E-state index contributed by atoms with van der Waals surface area (Å²) in [4.78, 5) is 11.7. The average molecular weight is 255 g/mol. The molecule has 0 aromatic carbocycles. The summed E-state index contributed by atoms with van der Waals surface area (Å²) in [5, 5.41) is 13.1. The van der Waals surface area contributed by atoms with E-state index < -0.39 is 11.5 Å². The number of carboxylic acid groups (broad SMARTS) is 1. The smallest absolute Gasteiger partial charge is 0.324 e. The van der Waals surface area contributed by atoms with Crippen LogP contribution in [0.15, 0.2) is 0 Å².